The van der Waals surface area contributed by atoms with Gasteiger partial charge in [0.1, 0.15) is 0 Å². The molecular formula is C21H22N2. The summed E-state index contributed by atoms with van der Waals surface area (Å²) in [6.07, 6.45) is 4.63. The first kappa shape index (κ1) is 14.1. The molecule has 2 heteroatoms. The molecule has 0 saturated carbocycles. The minimum absolute atomic E-state index is 0.0331. The summed E-state index contributed by atoms with van der Waals surface area (Å²) in [5.41, 5.74) is 6.48. The van der Waals surface area contributed by atoms with E-state index in [-0.39, 0.29) is 5.54 Å². The van der Waals surface area contributed by atoms with Crippen molar-refractivity contribution in [2.45, 2.75) is 32.9 Å². The van der Waals surface area contributed by atoms with Crippen molar-refractivity contribution in [2.24, 2.45) is 0 Å². The van der Waals surface area contributed by atoms with Gasteiger partial charge in [0, 0.05) is 29.4 Å². The fraction of sp³-hybridized carbons (Fsp3) is 0.238. The fourth-order valence-electron chi connectivity index (χ4n) is 3.67. The van der Waals surface area contributed by atoms with Gasteiger partial charge in [-0.1, -0.05) is 42.5 Å². The van der Waals surface area contributed by atoms with Gasteiger partial charge >= 0.3 is 0 Å². The maximum Gasteiger partial charge on any atom is 0.0510 e. The van der Waals surface area contributed by atoms with E-state index in [1.54, 1.807) is 0 Å². The van der Waals surface area contributed by atoms with Crippen LogP contribution < -0.4 is 5.32 Å². The smallest absolute Gasteiger partial charge is 0.0510 e. The predicted octanol–water partition coefficient (Wildman–Crippen LogP) is 5.30. The van der Waals surface area contributed by atoms with Crippen LogP contribution in [0.25, 0.3) is 16.5 Å². The number of rotatable bonds is 2. The normalized spacial score (nSPS) is 15.9. The SMILES string of the molecule is CC1=CC(C)(C)Nc2cccc3c2c1cn3Cc1ccccc1. The number of benzene rings is 2. The van der Waals surface area contributed by atoms with E-state index in [2.05, 4.69) is 91.5 Å². The van der Waals surface area contributed by atoms with Crippen molar-refractivity contribution in [3.05, 3.63) is 71.9 Å². The van der Waals surface area contributed by atoms with Crippen LogP contribution in [0.1, 0.15) is 31.9 Å². The molecule has 1 aliphatic rings. The van der Waals surface area contributed by atoms with E-state index < -0.39 is 0 Å². The lowest BCUT2D eigenvalue weighted by atomic mass is 10.0. The van der Waals surface area contributed by atoms with Crippen LogP contribution in [-0.2, 0) is 6.54 Å². The lowest BCUT2D eigenvalue weighted by Crippen LogP contribution is -2.27. The Morgan fingerprint density at radius 1 is 1.00 bits per heavy atom. The molecule has 2 nitrogen and oxygen atoms in total. The van der Waals surface area contributed by atoms with Crippen molar-refractivity contribution in [1.82, 2.24) is 4.57 Å². The van der Waals surface area contributed by atoms with Gasteiger partial charge in [-0.05, 0) is 44.0 Å². The quantitative estimate of drug-likeness (QED) is 0.680. The lowest BCUT2D eigenvalue weighted by Gasteiger charge is -2.23. The van der Waals surface area contributed by atoms with E-state index in [0.717, 1.165) is 6.54 Å². The topological polar surface area (TPSA) is 17.0 Å². The summed E-state index contributed by atoms with van der Waals surface area (Å²) in [5, 5.41) is 5.02. The first-order chi connectivity index (χ1) is 11.0. The highest BCUT2D eigenvalue weighted by atomic mass is 15.0. The molecule has 2 heterocycles. The molecule has 0 aliphatic carbocycles. The molecule has 0 bridgehead atoms. The van der Waals surface area contributed by atoms with E-state index in [0.29, 0.717) is 0 Å². The van der Waals surface area contributed by atoms with Crippen molar-refractivity contribution in [3.63, 3.8) is 0 Å². The number of hydrogen-bond acceptors (Lipinski definition) is 1. The minimum Gasteiger partial charge on any atom is -0.376 e. The van der Waals surface area contributed by atoms with Gasteiger partial charge < -0.3 is 9.88 Å². The third kappa shape index (κ3) is 2.44. The van der Waals surface area contributed by atoms with Crippen LogP contribution in [0.5, 0.6) is 0 Å². The molecule has 23 heavy (non-hydrogen) atoms. The minimum atomic E-state index is -0.0331. The highest BCUT2D eigenvalue weighted by molar-refractivity contribution is 6.03. The van der Waals surface area contributed by atoms with E-state index >= 15 is 0 Å². The molecule has 3 aromatic rings. The van der Waals surface area contributed by atoms with Gasteiger partial charge in [-0.15, -0.1) is 0 Å². The summed E-state index contributed by atoms with van der Waals surface area (Å²) in [6.45, 7) is 7.56. The summed E-state index contributed by atoms with van der Waals surface area (Å²) in [6, 6.07) is 17.2. The van der Waals surface area contributed by atoms with Crippen molar-refractivity contribution < 1.29 is 0 Å². The Morgan fingerprint density at radius 2 is 1.78 bits per heavy atom. The maximum absolute atomic E-state index is 3.68. The number of anilines is 1. The van der Waals surface area contributed by atoms with Crippen molar-refractivity contribution in [2.75, 3.05) is 5.32 Å². The Bertz CT molecular complexity index is 898. The molecule has 0 fully saturated rings. The third-order valence-corrected chi connectivity index (χ3v) is 4.56. The van der Waals surface area contributed by atoms with Crippen LogP contribution in [0.2, 0.25) is 0 Å². The predicted molar refractivity (Wildman–Crippen MR) is 98.8 cm³/mol. The highest BCUT2D eigenvalue weighted by Gasteiger charge is 2.23. The van der Waals surface area contributed by atoms with Gasteiger partial charge in [0.2, 0.25) is 0 Å². The molecule has 0 saturated heterocycles. The molecule has 0 spiro atoms. The number of allylic oxidation sites excluding steroid dienone is 1. The van der Waals surface area contributed by atoms with E-state index in [9.17, 15) is 0 Å². The number of aromatic nitrogens is 1. The van der Waals surface area contributed by atoms with Crippen LogP contribution in [0.3, 0.4) is 0 Å². The Hall–Kier alpha value is -2.48. The summed E-state index contributed by atoms with van der Waals surface area (Å²) >= 11 is 0. The Morgan fingerprint density at radius 3 is 2.57 bits per heavy atom. The van der Waals surface area contributed by atoms with Crippen molar-refractivity contribution >= 4 is 22.2 Å². The van der Waals surface area contributed by atoms with Crippen LogP contribution in [0.4, 0.5) is 5.69 Å². The second-order valence-corrected chi connectivity index (χ2v) is 7.03. The third-order valence-electron chi connectivity index (χ3n) is 4.56. The summed E-state index contributed by atoms with van der Waals surface area (Å²) in [7, 11) is 0. The largest absolute Gasteiger partial charge is 0.376 e. The van der Waals surface area contributed by atoms with E-state index in [4.69, 9.17) is 0 Å². The Labute approximate surface area is 137 Å². The molecule has 0 atom stereocenters. The maximum atomic E-state index is 3.68. The summed E-state index contributed by atoms with van der Waals surface area (Å²) in [5.74, 6) is 0. The van der Waals surface area contributed by atoms with Crippen LogP contribution in [-0.4, -0.2) is 10.1 Å². The van der Waals surface area contributed by atoms with Crippen LogP contribution >= 0.6 is 0 Å². The second kappa shape index (κ2) is 5.02. The monoisotopic (exact) mass is 302 g/mol. The van der Waals surface area contributed by atoms with Gasteiger partial charge in [-0.25, -0.2) is 0 Å². The molecule has 2 aromatic carbocycles. The van der Waals surface area contributed by atoms with Crippen molar-refractivity contribution in [3.8, 4) is 0 Å². The van der Waals surface area contributed by atoms with Crippen molar-refractivity contribution in [1.29, 1.82) is 0 Å². The van der Waals surface area contributed by atoms with Crippen LogP contribution in [0, 0.1) is 0 Å². The Balaban J connectivity index is 1.91. The summed E-state index contributed by atoms with van der Waals surface area (Å²) in [4.78, 5) is 0. The van der Waals surface area contributed by atoms with Gasteiger partial charge in [0.15, 0.2) is 0 Å². The zero-order valence-corrected chi connectivity index (χ0v) is 13.9. The first-order valence-electron chi connectivity index (χ1n) is 8.17. The average molecular weight is 302 g/mol. The first-order valence-corrected chi connectivity index (χ1v) is 8.17. The lowest BCUT2D eigenvalue weighted by molar-refractivity contribution is 0.716. The average Bonchev–Trinajstić information content (AvgIpc) is 2.83. The van der Waals surface area contributed by atoms with E-state index in [1.165, 1.54) is 33.3 Å². The van der Waals surface area contributed by atoms with Crippen LogP contribution in [0.15, 0.2) is 60.8 Å². The van der Waals surface area contributed by atoms with Gasteiger partial charge in [-0.3, -0.25) is 0 Å². The van der Waals surface area contributed by atoms with Gasteiger partial charge in [0.05, 0.1) is 11.1 Å². The Kier molecular flexibility index (Phi) is 3.08. The molecule has 0 radical (unpaired) electrons. The highest BCUT2D eigenvalue weighted by Crippen LogP contribution is 2.38. The van der Waals surface area contributed by atoms with Gasteiger partial charge in [0.25, 0.3) is 0 Å². The molecule has 1 aromatic heterocycles. The standard InChI is InChI=1S/C21H22N2/c1-15-12-21(2,3)22-18-10-7-11-19-20(18)17(15)14-23(19)13-16-8-5-4-6-9-16/h4-12,14,22H,13H2,1-3H3. The molecule has 0 amide bonds. The number of hydrogen-bond donors (Lipinski definition) is 1. The van der Waals surface area contributed by atoms with Gasteiger partial charge in [-0.2, -0.15) is 0 Å². The molecule has 0 unspecified atom stereocenters. The zero-order valence-electron chi connectivity index (χ0n) is 13.9. The molecule has 4 rings (SSSR count). The number of nitrogens with one attached hydrogen (secondary N) is 1. The molecule has 1 N–H and O–H groups in total. The molecular weight excluding hydrogens is 280 g/mol. The fourth-order valence-corrected chi connectivity index (χ4v) is 3.67. The summed E-state index contributed by atoms with van der Waals surface area (Å²) < 4.78 is 2.36. The zero-order chi connectivity index (χ0) is 16.0. The number of nitrogens with zero attached hydrogens (tertiary/aromatic N) is 1. The second-order valence-electron chi connectivity index (χ2n) is 7.03. The molecule has 116 valence electrons. The molecule has 1 aliphatic heterocycles. The van der Waals surface area contributed by atoms with E-state index in [1.807, 2.05) is 0 Å².